The van der Waals surface area contributed by atoms with Crippen LogP contribution in [0.15, 0.2) is 24.3 Å². The number of aromatic nitrogens is 2. The minimum Gasteiger partial charge on any atom is -0.463 e. The van der Waals surface area contributed by atoms with Gasteiger partial charge in [-0.3, -0.25) is 9.69 Å². The van der Waals surface area contributed by atoms with Gasteiger partial charge in [-0.05, 0) is 56.3 Å². The molecule has 1 aliphatic carbocycles. The number of hydrogen-bond donors (Lipinski definition) is 2. The van der Waals surface area contributed by atoms with Crippen molar-refractivity contribution < 1.29 is 9.53 Å². The molecule has 5 rings (SSSR count). The van der Waals surface area contributed by atoms with Crippen molar-refractivity contribution in [1.82, 2.24) is 14.9 Å². The van der Waals surface area contributed by atoms with Gasteiger partial charge in [0, 0.05) is 13.1 Å². The first-order valence-corrected chi connectivity index (χ1v) is 11.8. The van der Waals surface area contributed by atoms with Crippen LogP contribution in [0.1, 0.15) is 56.6 Å². The number of carbonyl (C=O) groups excluding carboxylic acids is 1. The molecule has 8 heteroatoms. The van der Waals surface area contributed by atoms with E-state index in [1.807, 2.05) is 0 Å². The molecule has 1 saturated heterocycles. The normalized spacial score (nSPS) is 19.2. The number of hydrogen-bond acceptors (Lipinski definition) is 7. The minimum absolute atomic E-state index is 0.0202. The van der Waals surface area contributed by atoms with Gasteiger partial charge in [0.2, 0.25) is 0 Å². The molecule has 2 aliphatic heterocycles. The maximum atomic E-state index is 13.0. The van der Waals surface area contributed by atoms with Gasteiger partial charge in [-0.25, -0.2) is 0 Å². The zero-order valence-electron chi connectivity index (χ0n) is 18.8. The van der Waals surface area contributed by atoms with Crippen molar-refractivity contribution >= 4 is 23.2 Å². The van der Waals surface area contributed by atoms with Crippen LogP contribution < -0.4 is 20.7 Å². The summed E-state index contributed by atoms with van der Waals surface area (Å²) in [5.74, 6) is 0.886. The van der Waals surface area contributed by atoms with Crippen LogP contribution in [-0.2, 0) is 17.9 Å². The van der Waals surface area contributed by atoms with Crippen molar-refractivity contribution in [2.24, 2.45) is 0 Å². The van der Waals surface area contributed by atoms with E-state index in [9.17, 15) is 4.79 Å². The van der Waals surface area contributed by atoms with Gasteiger partial charge < -0.3 is 20.7 Å². The second-order valence-corrected chi connectivity index (χ2v) is 9.17. The van der Waals surface area contributed by atoms with Crippen molar-refractivity contribution in [3.05, 3.63) is 35.4 Å². The highest BCUT2D eigenvalue weighted by atomic mass is 16.5. The molecule has 0 atom stereocenters. The van der Waals surface area contributed by atoms with Gasteiger partial charge >= 0.3 is 6.01 Å². The average molecular weight is 437 g/mol. The molecule has 1 aromatic heterocycles. The van der Waals surface area contributed by atoms with Crippen molar-refractivity contribution in [1.29, 1.82) is 0 Å². The molecule has 1 amide bonds. The highest BCUT2D eigenvalue weighted by Gasteiger charge is 2.58. The summed E-state index contributed by atoms with van der Waals surface area (Å²) in [6, 6.07) is 8.95. The van der Waals surface area contributed by atoms with Crippen LogP contribution >= 0.6 is 0 Å². The van der Waals surface area contributed by atoms with E-state index < -0.39 is 5.54 Å². The van der Waals surface area contributed by atoms with Gasteiger partial charge in [0.15, 0.2) is 11.6 Å². The van der Waals surface area contributed by atoms with Crippen LogP contribution in [0.5, 0.6) is 6.01 Å². The number of ether oxygens (including phenoxy) is 1. The number of benzene rings is 1. The number of unbranched alkanes of at least 4 members (excludes halogenated alkanes) is 1. The lowest BCUT2D eigenvalue weighted by Crippen LogP contribution is -2.50. The fourth-order valence-corrected chi connectivity index (χ4v) is 4.74. The molecule has 32 heavy (non-hydrogen) atoms. The van der Waals surface area contributed by atoms with E-state index in [0.29, 0.717) is 24.7 Å². The number of nitrogens with two attached hydrogens (primary N) is 1. The van der Waals surface area contributed by atoms with Crippen LogP contribution in [0.4, 0.5) is 17.3 Å². The van der Waals surface area contributed by atoms with Crippen LogP contribution in [0, 0.1) is 0 Å². The molecule has 3 N–H and O–H groups in total. The first kappa shape index (κ1) is 21.0. The predicted molar refractivity (Wildman–Crippen MR) is 125 cm³/mol. The Kier molecular flexibility index (Phi) is 5.63. The van der Waals surface area contributed by atoms with Crippen LogP contribution in [0.2, 0.25) is 0 Å². The van der Waals surface area contributed by atoms with E-state index in [1.54, 1.807) is 0 Å². The summed E-state index contributed by atoms with van der Waals surface area (Å²) in [7, 11) is 0. The average Bonchev–Trinajstić information content (AvgIpc) is 3.42. The molecule has 0 bridgehead atoms. The zero-order chi connectivity index (χ0) is 22.1. The summed E-state index contributed by atoms with van der Waals surface area (Å²) in [5, 5.41) is 2.96. The fraction of sp³-hybridized carbons (Fsp3) is 0.542. The van der Waals surface area contributed by atoms with Crippen molar-refractivity contribution in [3.63, 3.8) is 0 Å². The molecule has 1 saturated carbocycles. The Labute approximate surface area is 189 Å². The molecule has 3 aliphatic rings. The molecular weight excluding hydrogens is 404 g/mol. The molecule has 2 fully saturated rings. The second-order valence-electron chi connectivity index (χ2n) is 9.17. The quantitative estimate of drug-likeness (QED) is 0.613. The minimum atomic E-state index is -0.556. The summed E-state index contributed by atoms with van der Waals surface area (Å²) in [4.78, 5) is 26.6. The third-order valence-electron chi connectivity index (χ3n) is 6.72. The molecule has 2 aromatic rings. The third-order valence-corrected chi connectivity index (χ3v) is 6.72. The number of nitrogen functional groups attached to an aromatic ring is 1. The highest BCUT2D eigenvalue weighted by Crippen LogP contribution is 2.51. The predicted octanol–water partition coefficient (Wildman–Crippen LogP) is 3.32. The molecular formula is C24H32N6O2. The molecule has 0 unspecified atom stereocenters. The Morgan fingerprint density at radius 3 is 2.62 bits per heavy atom. The number of carbonyl (C=O) groups is 1. The van der Waals surface area contributed by atoms with E-state index in [-0.39, 0.29) is 17.7 Å². The van der Waals surface area contributed by atoms with Gasteiger partial charge in [0.05, 0.1) is 6.61 Å². The standard InChI is InChI=1S/C24H32N6O2/c1-2-3-13-32-23-27-20(25)19-21(28-23)30(24(9-10-24)22(31)26-19)16-18-8-6-7-17(14-18)15-29-11-4-5-12-29/h6-8,14H,2-5,9-13,15-16H2,1H3,(H,26,31)(H2,25,27,28). The van der Waals surface area contributed by atoms with Gasteiger partial charge in [-0.15, -0.1) is 0 Å². The van der Waals surface area contributed by atoms with Gasteiger partial charge in [-0.1, -0.05) is 37.6 Å². The Morgan fingerprint density at radius 1 is 1.16 bits per heavy atom. The van der Waals surface area contributed by atoms with E-state index in [4.69, 9.17) is 10.5 Å². The summed E-state index contributed by atoms with van der Waals surface area (Å²) >= 11 is 0. The molecule has 8 nitrogen and oxygen atoms in total. The Balaban J connectivity index is 1.43. The molecule has 1 spiro atoms. The van der Waals surface area contributed by atoms with E-state index >= 15 is 0 Å². The van der Waals surface area contributed by atoms with E-state index in [1.165, 1.54) is 37.1 Å². The first-order chi connectivity index (χ1) is 15.6. The van der Waals surface area contributed by atoms with E-state index in [2.05, 4.69) is 56.3 Å². The molecule has 170 valence electrons. The van der Waals surface area contributed by atoms with Crippen molar-refractivity contribution in [2.45, 2.75) is 64.1 Å². The Hall–Kier alpha value is -2.87. The topological polar surface area (TPSA) is 96.6 Å². The fourth-order valence-electron chi connectivity index (χ4n) is 4.74. The lowest BCUT2D eigenvalue weighted by molar-refractivity contribution is -0.118. The van der Waals surface area contributed by atoms with Crippen LogP contribution in [0.25, 0.3) is 0 Å². The summed E-state index contributed by atoms with van der Waals surface area (Å²) in [5.41, 5.74) is 8.62. The summed E-state index contributed by atoms with van der Waals surface area (Å²) in [6.07, 6.45) is 6.13. The van der Waals surface area contributed by atoms with Gasteiger partial charge in [-0.2, -0.15) is 9.97 Å². The van der Waals surface area contributed by atoms with Crippen LogP contribution in [0.3, 0.4) is 0 Å². The number of fused-ring (bicyclic) bond motifs is 1. The molecule has 1 aromatic carbocycles. The number of amides is 1. The first-order valence-electron chi connectivity index (χ1n) is 11.8. The monoisotopic (exact) mass is 436 g/mol. The Bertz CT molecular complexity index is 1000. The maximum Gasteiger partial charge on any atom is 0.320 e. The lowest BCUT2D eigenvalue weighted by atomic mass is 10.1. The van der Waals surface area contributed by atoms with Gasteiger partial charge in [0.25, 0.3) is 5.91 Å². The van der Waals surface area contributed by atoms with Crippen molar-refractivity contribution in [3.8, 4) is 6.01 Å². The highest BCUT2D eigenvalue weighted by molar-refractivity contribution is 6.09. The maximum absolute atomic E-state index is 13.0. The summed E-state index contributed by atoms with van der Waals surface area (Å²) < 4.78 is 5.75. The smallest absolute Gasteiger partial charge is 0.320 e. The third kappa shape index (κ3) is 3.99. The number of nitrogens with zero attached hydrogens (tertiary/aromatic N) is 4. The van der Waals surface area contributed by atoms with Gasteiger partial charge in [0.1, 0.15) is 11.2 Å². The van der Waals surface area contributed by atoms with Crippen LogP contribution in [-0.4, -0.2) is 46.0 Å². The molecule has 3 heterocycles. The number of nitrogens with one attached hydrogen (secondary N) is 1. The second kappa shape index (κ2) is 8.58. The number of likely N-dealkylation sites (tertiary alicyclic amines) is 1. The Morgan fingerprint density at radius 2 is 1.91 bits per heavy atom. The summed E-state index contributed by atoms with van der Waals surface area (Å²) in [6.45, 7) is 6.57. The SMILES string of the molecule is CCCCOc1nc(N)c2c(n1)N(Cc1cccc(CN3CCCC3)c1)C1(CC1)C(=O)N2. The zero-order valence-corrected chi connectivity index (χ0v) is 18.8. The van der Waals surface area contributed by atoms with E-state index in [0.717, 1.165) is 32.2 Å². The largest absolute Gasteiger partial charge is 0.463 e. The molecule has 0 radical (unpaired) electrons. The van der Waals surface area contributed by atoms with Crippen molar-refractivity contribution in [2.75, 3.05) is 35.6 Å². The number of anilines is 3. The lowest BCUT2D eigenvalue weighted by Gasteiger charge is -2.38. The number of rotatable bonds is 8.